The van der Waals surface area contributed by atoms with Gasteiger partial charge < -0.3 is 20.4 Å². The zero-order chi connectivity index (χ0) is 17.4. The lowest BCUT2D eigenvalue weighted by Gasteiger charge is -2.24. The lowest BCUT2D eigenvalue weighted by atomic mass is 10.0. The van der Waals surface area contributed by atoms with E-state index in [9.17, 15) is 14.4 Å². The van der Waals surface area contributed by atoms with E-state index in [4.69, 9.17) is 0 Å². The molecule has 0 unspecified atom stereocenters. The molecule has 7 nitrogen and oxygen atoms in total. The Balaban J connectivity index is 1.42. The normalized spacial score (nSPS) is 23.2. The molecule has 0 radical (unpaired) electrons. The van der Waals surface area contributed by atoms with Gasteiger partial charge in [-0.15, -0.1) is 11.3 Å². The number of urea groups is 1. The van der Waals surface area contributed by atoms with Gasteiger partial charge in [0.05, 0.1) is 23.9 Å². The van der Waals surface area contributed by atoms with Crippen LogP contribution in [0.4, 0.5) is 4.79 Å². The van der Waals surface area contributed by atoms with E-state index in [1.807, 2.05) is 22.4 Å². The van der Waals surface area contributed by atoms with Crippen LogP contribution in [-0.4, -0.2) is 53.8 Å². The molecule has 4 rings (SSSR count). The zero-order valence-electron chi connectivity index (χ0n) is 13.8. The van der Waals surface area contributed by atoms with Gasteiger partial charge in [0.25, 0.3) is 5.91 Å². The first kappa shape index (κ1) is 16.1. The quantitative estimate of drug-likeness (QED) is 0.828. The third kappa shape index (κ3) is 3.02. The summed E-state index contributed by atoms with van der Waals surface area (Å²) in [4.78, 5) is 41.0. The van der Waals surface area contributed by atoms with E-state index >= 15 is 0 Å². The van der Waals surface area contributed by atoms with Crippen LogP contribution in [0, 0.1) is 0 Å². The summed E-state index contributed by atoms with van der Waals surface area (Å²) in [7, 11) is 0. The fourth-order valence-electron chi connectivity index (χ4n) is 3.67. The van der Waals surface area contributed by atoms with Gasteiger partial charge in [0.15, 0.2) is 0 Å². The molecule has 0 aromatic carbocycles. The van der Waals surface area contributed by atoms with Gasteiger partial charge in [-0.05, 0) is 24.3 Å². The van der Waals surface area contributed by atoms with Crippen LogP contribution in [-0.2, 0) is 9.59 Å². The van der Waals surface area contributed by atoms with Crippen LogP contribution in [0.2, 0.25) is 0 Å². The number of carbonyl (C=O) groups excluding carboxylic acids is 3. The molecule has 1 aromatic heterocycles. The highest BCUT2D eigenvalue weighted by atomic mass is 32.1. The molecule has 4 amide bonds. The maximum absolute atomic E-state index is 12.8. The standard InChI is InChI=1S/C17H20N4O3S/c22-13-5-1-6-20(13)7-3-8-21-10-11-14(16(21)23)15(19-17(24)18-11)12-4-2-9-25-12/h2,4,9,15H,1,3,5-8,10H2,(H2,18,19,24)/t15-/m0/s1. The zero-order valence-corrected chi connectivity index (χ0v) is 14.6. The van der Waals surface area contributed by atoms with Gasteiger partial charge in [0.2, 0.25) is 5.91 Å². The van der Waals surface area contributed by atoms with Crippen molar-refractivity contribution < 1.29 is 14.4 Å². The van der Waals surface area contributed by atoms with Crippen molar-refractivity contribution in [3.63, 3.8) is 0 Å². The molecule has 0 spiro atoms. The van der Waals surface area contributed by atoms with Crippen molar-refractivity contribution in [1.82, 2.24) is 20.4 Å². The number of nitrogens with zero attached hydrogens (tertiary/aromatic N) is 2. The van der Waals surface area contributed by atoms with Gasteiger partial charge in [-0.3, -0.25) is 9.59 Å². The number of thiophene rings is 1. The Bertz CT molecular complexity index is 743. The van der Waals surface area contributed by atoms with Crippen LogP contribution in [0.1, 0.15) is 30.2 Å². The Kier molecular flexibility index (Phi) is 4.20. The summed E-state index contributed by atoms with van der Waals surface area (Å²) >= 11 is 1.53. The molecule has 0 bridgehead atoms. The van der Waals surface area contributed by atoms with Gasteiger partial charge in [0.1, 0.15) is 0 Å². The maximum Gasteiger partial charge on any atom is 0.319 e. The van der Waals surface area contributed by atoms with Crippen molar-refractivity contribution in [2.45, 2.75) is 25.3 Å². The molecule has 4 heterocycles. The van der Waals surface area contributed by atoms with Crippen LogP contribution in [0.15, 0.2) is 28.8 Å². The Morgan fingerprint density at radius 3 is 2.76 bits per heavy atom. The van der Waals surface area contributed by atoms with Crippen LogP contribution in [0.3, 0.4) is 0 Å². The molecule has 1 fully saturated rings. The molecule has 132 valence electrons. The van der Waals surface area contributed by atoms with Gasteiger partial charge in [0, 0.05) is 30.9 Å². The predicted octanol–water partition coefficient (Wildman–Crippen LogP) is 1.21. The highest BCUT2D eigenvalue weighted by Gasteiger charge is 2.40. The molecule has 1 aromatic rings. The summed E-state index contributed by atoms with van der Waals surface area (Å²) in [5.41, 5.74) is 1.34. The summed E-state index contributed by atoms with van der Waals surface area (Å²) in [6.07, 6.45) is 2.32. The molecule has 0 saturated carbocycles. The molecule has 8 heteroatoms. The third-order valence-electron chi connectivity index (χ3n) is 4.88. The van der Waals surface area contributed by atoms with Crippen LogP contribution >= 0.6 is 11.3 Å². The van der Waals surface area contributed by atoms with E-state index in [-0.39, 0.29) is 23.9 Å². The minimum atomic E-state index is -0.374. The van der Waals surface area contributed by atoms with Crippen molar-refractivity contribution in [2.24, 2.45) is 0 Å². The fraction of sp³-hybridized carbons (Fsp3) is 0.471. The number of carbonyl (C=O) groups is 3. The Morgan fingerprint density at radius 1 is 1.20 bits per heavy atom. The summed E-state index contributed by atoms with van der Waals surface area (Å²) in [5, 5.41) is 7.56. The molecule has 0 aliphatic carbocycles. The van der Waals surface area contributed by atoms with Gasteiger partial charge >= 0.3 is 6.03 Å². The number of hydrogen-bond acceptors (Lipinski definition) is 4. The topological polar surface area (TPSA) is 81.8 Å². The Labute approximate surface area is 149 Å². The second-order valence-corrected chi connectivity index (χ2v) is 7.48. The van der Waals surface area contributed by atoms with Crippen molar-refractivity contribution in [3.05, 3.63) is 33.7 Å². The summed E-state index contributed by atoms with van der Waals surface area (Å²) in [6, 6.07) is 3.20. The average molecular weight is 360 g/mol. The summed E-state index contributed by atoms with van der Waals surface area (Å²) < 4.78 is 0. The molecular formula is C17H20N4O3S. The van der Waals surface area contributed by atoms with E-state index in [0.717, 1.165) is 24.3 Å². The maximum atomic E-state index is 12.8. The second kappa shape index (κ2) is 6.51. The molecule has 3 aliphatic heterocycles. The minimum absolute atomic E-state index is 0.0337. The van der Waals surface area contributed by atoms with E-state index in [0.29, 0.717) is 37.3 Å². The highest BCUT2D eigenvalue weighted by molar-refractivity contribution is 7.10. The van der Waals surface area contributed by atoms with Gasteiger partial charge in [-0.25, -0.2) is 4.79 Å². The molecule has 2 N–H and O–H groups in total. The smallest absolute Gasteiger partial charge is 0.319 e. The predicted molar refractivity (Wildman–Crippen MR) is 92.8 cm³/mol. The van der Waals surface area contributed by atoms with Crippen LogP contribution < -0.4 is 10.6 Å². The molecule has 1 saturated heterocycles. The SMILES string of the molecule is O=C1NC2=C(C(=O)N(CCCN3CCCC3=O)C2)[C@H](c2cccs2)N1. The van der Waals surface area contributed by atoms with E-state index in [1.54, 1.807) is 4.90 Å². The van der Waals surface area contributed by atoms with Crippen molar-refractivity contribution in [3.8, 4) is 0 Å². The molecule has 3 aliphatic rings. The first-order valence-electron chi connectivity index (χ1n) is 8.54. The van der Waals surface area contributed by atoms with Gasteiger partial charge in [-0.2, -0.15) is 0 Å². The molecular weight excluding hydrogens is 340 g/mol. The molecule has 1 atom stereocenters. The molecule has 25 heavy (non-hydrogen) atoms. The Morgan fingerprint density at radius 2 is 2.04 bits per heavy atom. The number of rotatable bonds is 5. The Hall–Kier alpha value is -2.35. The minimum Gasteiger partial charge on any atom is -0.343 e. The summed E-state index contributed by atoms with van der Waals surface area (Å²) in [6.45, 7) is 2.52. The number of amides is 4. The van der Waals surface area contributed by atoms with E-state index in [2.05, 4.69) is 10.6 Å². The number of likely N-dealkylation sites (tertiary alicyclic amines) is 1. The number of nitrogens with one attached hydrogen (secondary N) is 2. The third-order valence-corrected chi connectivity index (χ3v) is 5.81. The average Bonchev–Trinajstić information content (AvgIpc) is 3.30. The van der Waals surface area contributed by atoms with E-state index in [1.165, 1.54) is 11.3 Å². The first-order valence-corrected chi connectivity index (χ1v) is 9.42. The van der Waals surface area contributed by atoms with Crippen LogP contribution in [0.5, 0.6) is 0 Å². The monoisotopic (exact) mass is 360 g/mol. The summed E-state index contributed by atoms with van der Waals surface area (Å²) in [5.74, 6) is 0.174. The fourth-order valence-corrected chi connectivity index (χ4v) is 4.45. The first-order chi connectivity index (χ1) is 12.1. The van der Waals surface area contributed by atoms with Crippen LogP contribution in [0.25, 0.3) is 0 Å². The lowest BCUT2D eigenvalue weighted by molar-refractivity contribution is -0.127. The lowest BCUT2D eigenvalue weighted by Crippen LogP contribution is -2.44. The second-order valence-electron chi connectivity index (χ2n) is 6.50. The largest absolute Gasteiger partial charge is 0.343 e. The van der Waals surface area contributed by atoms with Crippen molar-refractivity contribution in [2.75, 3.05) is 26.2 Å². The number of hydrogen-bond donors (Lipinski definition) is 2. The van der Waals surface area contributed by atoms with E-state index < -0.39 is 0 Å². The van der Waals surface area contributed by atoms with Crippen molar-refractivity contribution >= 4 is 29.2 Å². The van der Waals surface area contributed by atoms with Crippen molar-refractivity contribution in [1.29, 1.82) is 0 Å². The van der Waals surface area contributed by atoms with Gasteiger partial charge in [-0.1, -0.05) is 6.07 Å². The highest BCUT2D eigenvalue weighted by Crippen LogP contribution is 2.34.